The fourth-order valence-electron chi connectivity index (χ4n) is 1.97. The van der Waals surface area contributed by atoms with E-state index in [2.05, 4.69) is 0 Å². The zero-order valence-electron chi connectivity index (χ0n) is 11.3. The van der Waals surface area contributed by atoms with Gasteiger partial charge in [-0.3, -0.25) is 4.90 Å². The normalized spacial score (nSPS) is 28.0. The first kappa shape index (κ1) is 14.0. The molecule has 0 unspecified atom stereocenters. The summed E-state index contributed by atoms with van der Waals surface area (Å²) in [7, 11) is 0. The number of carbonyl (C=O) groups is 2. The van der Waals surface area contributed by atoms with Crippen molar-refractivity contribution in [3.05, 3.63) is 0 Å². The van der Waals surface area contributed by atoms with Crippen molar-refractivity contribution in [2.24, 2.45) is 0 Å². The van der Waals surface area contributed by atoms with E-state index in [-0.39, 0.29) is 6.10 Å². The van der Waals surface area contributed by atoms with Crippen molar-refractivity contribution in [1.29, 1.82) is 0 Å². The molecule has 0 bridgehead atoms. The molecule has 1 amide bonds. The van der Waals surface area contributed by atoms with Gasteiger partial charge in [0.25, 0.3) is 0 Å². The highest BCUT2D eigenvalue weighted by Crippen LogP contribution is 2.32. The first-order chi connectivity index (χ1) is 7.58. The monoisotopic (exact) mass is 243 g/mol. The minimum atomic E-state index is -0.826. The Morgan fingerprint density at radius 1 is 1.41 bits per heavy atom. The Bertz CT molecular complexity index is 319. The molecule has 5 heteroatoms. The smallest absolute Gasteiger partial charge is 0.413 e. The first-order valence-corrected chi connectivity index (χ1v) is 5.74. The van der Waals surface area contributed by atoms with E-state index >= 15 is 0 Å². The fourth-order valence-corrected chi connectivity index (χ4v) is 1.97. The van der Waals surface area contributed by atoms with E-state index in [1.807, 2.05) is 0 Å². The second kappa shape index (κ2) is 4.29. The van der Waals surface area contributed by atoms with Gasteiger partial charge in [0.2, 0.25) is 0 Å². The second-order valence-electron chi connectivity index (χ2n) is 5.75. The first-order valence-electron chi connectivity index (χ1n) is 5.74. The highest BCUT2D eigenvalue weighted by molar-refractivity contribution is 5.75. The van der Waals surface area contributed by atoms with Crippen LogP contribution >= 0.6 is 0 Å². The molecular weight excluding hydrogens is 222 g/mol. The Morgan fingerprint density at radius 3 is 2.35 bits per heavy atom. The van der Waals surface area contributed by atoms with Gasteiger partial charge in [-0.1, -0.05) is 0 Å². The largest absolute Gasteiger partial charge is 0.444 e. The van der Waals surface area contributed by atoms with Crippen molar-refractivity contribution in [3.8, 4) is 0 Å². The van der Waals surface area contributed by atoms with Crippen LogP contribution in [0.25, 0.3) is 0 Å². The third-order valence-corrected chi connectivity index (χ3v) is 2.56. The fraction of sp³-hybridized carbons (Fsp3) is 0.833. The molecule has 98 valence electrons. The zero-order valence-corrected chi connectivity index (χ0v) is 11.3. The molecule has 5 nitrogen and oxygen atoms in total. The number of carbonyl (C=O) groups excluding carboxylic acids is 2. The van der Waals surface area contributed by atoms with Crippen LogP contribution in [-0.2, 0) is 14.3 Å². The van der Waals surface area contributed by atoms with Crippen LogP contribution in [0.4, 0.5) is 4.79 Å². The van der Waals surface area contributed by atoms with Gasteiger partial charge in [0.05, 0.1) is 6.10 Å². The number of nitrogens with zero attached hydrogens (tertiary/aromatic N) is 1. The molecular formula is C12H21NO4. The van der Waals surface area contributed by atoms with Gasteiger partial charge >= 0.3 is 6.09 Å². The Morgan fingerprint density at radius 2 is 1.94 bits per heavy atom. The topological polar surface area (TPSA) is 55.8 Å². The minimum Gasteiger partial charge on any atom is -0.444 e. The molecule has 1 saturated heterocycles. The molecule has 1 fully saturated rings. The molecule has 0 N–H and O–H groups in total. The van der Waals surface area contributed by atoms with Crippen LogP contribution in [0.15, 0.2) is 0 Å². The summed E-state index contributed by atoms with van der Waals surface area (Å²) < 4.78 is 10.9. The van der Waals surface area contributed by atoms with E-state index in [1.165, 1.54) is 4.90 Å². The lowest BCUT2D eigenvalue weighted by Gasteiger charge is -2.33. The molecule has 0 spiro atoms. The molecule has 1 heterocycles. The van der Waals surface area contributed by atoms with Gasteiger partial charge in [-0.25, -0.2) is 4.79 Å². The Balaban J connectivity index is 2.93. The van der Waals surface area contributed by atoms with Gasteiger partial charge in [0, 0.05) is 0 Å². The van der Waals surface area contributed by atoms with E-state index in [9.17, 15) is 9.59 Å². The summed E-state index contributed by atoms with van der Waals surface area (Å²) in [5.74, 6) is 0. The van der Waals surface area contributed by atoms with Gasteiger partial charge in [-0.05, 0) is 41.5 Å². The summed E-state index contributed by atoms with van der Waals surface area (Å²) in [5.41, 5.74) is -1.42. The number of hydrogen-bond donors (Lipinski definition) is 0. The summed E-state index contributed by atoms with van der Waals surface area (Å²) >= 11 is 0. The molecule has 0 aliphatic carbocycles. The number of rotatable bonds is 1. The lowest BCUT2D eigenvalue weighted by molar-refractivity contribution is -0.113. The van der Waals surface area contributed by atoms with Gasteiger partial charge in [0.1, 0.15) is 23.7 Å². The zero-order chi connectivity index (χ0) is 13.4. The molecule has 1 aliphatic rings. The van der Waals surface area contributed by atoms with Crippen molar-refractivity contribution in [1.82, 2.24) is 4.90 Å². The molecule has 17 heavy (non-hydrogen) atoms. The summed E-state index contributed by atoms with van der Waals surface area (Å²) in [4.78, 5) is 24.5. The number of aldehydes is 1. The third-order valence-electron chi connectivity index (χ3n) is 2.56. The van der Waals surface area contributed by atoms with Crippen LogP contribution in [0.5, 0.6) is 0 Å². The SMILES string of the molecule is C[C@@H]1OC(C)(C)N(C(=O)OC(C)(C)C)[C@H]1C=O. The van der Waals surface area contributed by atoms with Crippen LogP contribution in [-0.4, -0.2) is 40.8 Å². The molecule has 1 rings (SSSR count). The maximum absolute atomic E-state index is 12.1. The average molecular weight is 243 g/mol. The Kier molecular flexibility index (Phi) is 3.52. The average Bonchev–Trinajstić information content (AvgIpc) is 2.31. The predicted octanol–water partition coefficient (Wildman–Crippen LogP) is 1.95. The van der Waals surface area contributed by atoms with E-state index in [4.69, 9.17) is 9.47 Å². The molecule has 0 aromatic carbocycles. The van der Waals surface area contributed by atoms with Crippen LogP contribution in [0.3, 0.4) is 0 Å². The molecule has 2 atom stereocenters. The quantitative estimate of drug-likeness (QED) is 0.660. The summed E-state index contributed by atoms with van der Waals surface area (Å²) in [6.45, 7) is 10.6. The molecule has 0 radical (unpaired) electrons. The maximum atomic E-state index is 12.1. The van der Waals surface area contributed by atoms with Crippen molar-refractivity contribution >= 4 is 12.4 Å². The maximum Gasteiger partial charge on any atom is 0.413 e. The van der Waals surface area contributed by atoms with Crippen LogP contribution in [0, 0.1) is 0 Å². The lowest BCUT2D eigenvalue weighted by atomic mass is 10.1. The van der Waals surface area contributed by atoms with E-state index in [1.54, 1.807) is 41.5 Å². The number of ether oxygens (including phenoxy) is 2. The molecule has 0 aromatic heterocycles. The van der Waals surface area contributed by atoms with Crippen molar-refractivity contribution in [2.75, 3.05) is 0 Å². The third kappa shape index (κ3) is 2.97. The lowest BCUT2D eigenvalue weighted by Crippen LogP contribution is -2.50. The summed E-state index contributed by atoms with van der Waals surface area (Å²) in [5, 5.41) is 0. The van der Waals surface area contributed by atoms with E-state index in [0.717, 1.165) is 6.29 Å². The molecule has 0 aromatic rings. The van der Waals surface area contributed by atoms with Crippen molar-refractivity contribution in [3.63, 3.8) is 0 Å². The van der Waals surface area contributed by atoms with Gasteiger partial charge in [0.15, 0.2) is 0 Å². The Labute approximate surface area is 102 Å². The van der Waals surface area contributed by atoms with Crippen LogP contribution in [0.2, 0.25) is 0 Å². The van der Waals surface area contributed by atoms with Crippen LogP contribution < -0.4 is 0 Å². The summed E-state index contributed by atoms with van der Waals surface area (Å²) in [6, 6.07) is -0.597. The van der Waals surface area contributed by atoms with E-state index in [0.29, 0.717) is 0 Å². The molecule has 1 aliphatic heterocycles. The van der Waals surface area contributed by atoms with Crippen LogP contribution in [0.1, 0.15) is 41.5 Å². The second-order valence-corrected chi connectivity index (χ2v) is 5.75. The Hall–Kier alpha value is -1.10. The highest BCUT2D eigenvalue weighted by atomic mass is 16.6. The highest BCUT2D eigenvalue weighted by Gasteiger charge is 2.49. The number of hydrogen-bond acceptors (Lipinski definition) is 4. The van der Waals surface area contributed by atoms with Gasteiger partial charge < -0.3 is 14.3 Å². The number of amides is 1. The molecule has 0 saturated carbocycles. The summed E-state index contributed by atoms with van der Waals surface area (Å²) in [6.07, 6.45) is -0.123. The van der Waals surface area contributed by atoms with Gasteiger partial charge in [-0.2, -0.15) is 0 Å². The van der Waals surface area contributed by atoms with Gasteiger partial charge in [-0.15, -0.1) is 0 Å². The standard InChI is InChI=1S/C12H21NO4/c1-8-9(7-14)13(12(5,6)16-8)10(15)17-11(2,3)4/h7-9H,1-6H3/t8-,9-/m0/s1. The van der Waals surface area contributed by atoms with Crippen molar-refractivity contribution < 1.29 is 19.1 Å². The predicted molar refractivity (Wildman–Crippen MR) is 62.6 cm³/mol. The van der Waals surface area contributed by atoms with E-state index < -0.39 is 23.5 Å². The minimum absolute atomic E-state index is 0.324. The van der Waals surface area contributed by atoms with Crippen molar-refractivity contribution in [2.45, 2.75) is 65.0 Å².